The Morgan fingerprint density at radius 1 is 1.26 bits per heavy atom. The third kappa shape index (κ3) is 4.72. The van der Waals surface area contributed by atoms with Crippen molar-refractivity contribution in [2.24, 2.45) is 5.92 Å². The maximum atomic E-state index is 11.6. The molecule has 2 atom stereocenters. The number of halogens is 2. The molecule has 2 aliphatic rings. The summed E-state index contributed by atoms with van der Waals surface area (Å²) >= 11 is 0. The number of fused-ring (bicyclic) bond motifs is 1. The highest BCUT2D eigenvalue weighted by Crippen LogP contribution is 2.26. The number of hydrogen-bond acceptors (Lipinski definition) is 4. The third-order valence-corrected chi connectivity index (χ3v) is 5.88. The third-order valence-electron chi connectivity index (χ3n) is 3.96. The van der Waals surface area contributed by atoms with Crippen LogP contribution in [-0.4, -0.2) is 69.7 Å². The van der Waals surface area contributed by atoms with Gasteiger partial charge in [0.1, 0.15) is 0 Å². The van der Waals surface area contributed by atoms with Crippen LogP contribution in [-0.2, 0) is 10.0 Å². The summed E-state index contributed by atoms with van der Waals surface area (Å²) in [5.74, 6) is 1.06. The molecule has 0 unspecified atom stereocenters. The first kappa shape index (κ1) is 19.4. The predicted molar refractivity (Wildman–Crippen MR) is 82.9 cm³/mol. The average Bonchev–Trinajstić information content (AvgIpc) is 2.81. The largest absolute Gasteiger partial charge is 0.315 e. The highest BCUT2D eigenvalue weighted by molar-refractivity contribution is 7.89. The van der Waals surface area contributed by atoms with Gasteiger partial charge < -0.3 is 5.32 Å². The van der Waals surface area contributed by atoms with Crippen molar-refractivity contribution in [2.75, 3.05) is 46.0 Å². The van der Waals surface area contributed by atoms with Gasteiger partial charge in [0.2, 0.25) is 10.0 Å². The van der Waals surface area contributed by atoms with Gasteiger partial charge in [0, 0.05) is 26.7 Å². The fourth-order valence-electron chi connectivity index (χ4n) is 2.85. The van der Waals surface area contributed by atoms with E-state index in [4.69, 9.17) is 0 Å². The quantitative estimate of drug-likeness (QED) is 0.791. The van der Waals surface area contributed by atoms with E-state index >= 15 is 0 Å². The Morgan fingerprint density at radius 3 is 2.58 bits per heavy atom. The molecule has 8 heteroatoms. The molecule has 1 N–H and O–H groups in total. The lowest BCUT2D eigenvalue weighted by molar-refractivity contribution is 0.253. The standard InChI is InChI=1S/C11H23N3O2S.2ClH/c1-13(2)17(15,16)7-3-5-14-6-4-10-8-12-9-11(10)14;;/h10-12H,3-9H2,1-2H3;2*1H/t10-,11+;;/m0../s1. The van der Waals surface area contributed by atoms with Crippen LogP contribution in [0.4, 0.5) is 0 Å². The second-order valence-corrected chi connectivity index (χ2v) is 7.56. The average molecular weight is 334 g/mol. The molecule has 0 radical (unpaired) electrons. The van der Waals surface area contributed by atoms with Crippen LogP contribution in [0, 0.1) is 5.92 Å². The lowest BCUT2D eigenvalue weighted by Gasteiger charge is -2.23. The lowest BCUT2D eigenvalue weighted by Crippen LogP contribution is -2.36. The van der Waals surface area contributed by atoms with Crippen molar-refractivity contribution >= 4 is 34.8 Å². The molecule has 116 valence electrons. The number of nitrogens with zero attached hydrogens (tertiary/aromatic N) is 2. The van der Waals surface area contributed by atoms with Crippen molar-refractivity contribution in [1.82, 2.24) is 14.5 Å². The molecule has 0 aliphatic carbocycles. The van der Waals surface area contributed by atoms with Gasteiger partial charge in [-0.05, 0) is 38.4 Å². The van der Waals surface area contributed by atoms with Crippen LogP contribution in [0.1, 0.15) is 12.8 Å². The highest BCUT2D eigenvalue weighted by atomic mass is 35.5. The number of rotatable bonds is 5. The Bertz CT molecular complexity index is 365. The Kier molecular flexibility index (Phi) is 8.17. The maximum absolute atomic E-state index is 11.6. The molecule has 0 aromatic carbocycles. The van der Waals surface area contributed by atoms with E-state index in [1.165, 1.54) is 10.7 Å². The molecule has 0 bridgehead atoms. The van der Waals surface area contributed by atoms with Gasteiger partial charge in [-0.15, -0.1) is 24.8 Å². The molecular weight excluding hydrogens is 309 g/mol. The van der Waals surface area contributed by atoms with Crippen molar-refractivity contribution in [1.29, 1.82) is 0 Å². The Morgan fingerprint density at radius 2 is 1.95 bits per heavy atom. The predicted octanol–water partition coefficient (Wildman–Crippen LogP) is 0.405. The summed E-state index contributed by atoms with van der Waals surface area (Å²) in [6, 6.07) is 0.650. The zero-order valence-corrected chi connectivity index (χ0v) is 14.0. The monoisotopic (exact) mass is 333 g/mol. The molecule has 2 rings (SSSR count). The van der Waals surface area contributed by atoms with Crippen LogP contribution >= 0.6 is 24.8 Å². The van der Waals surface area contributed by atoms with Gasteiger partial charge in [0.05, 0.1) is 5.75 Å². The summed E-state index contributed by atoms with van der Waals surface area (Å²) in [7, 11) is 0.178. The summed E-state index contributed by atoms with van der Waals surface area (Å²) in [4.78, 5) is 2.45. The first-order chi connectivity index (χ1) is 8.00. The molecule has 19 heavy (non-hydrogen) atoms. The molecule has 0 aromatic rings. The van der Waals surface area contributed by atoms with Crippen LogP contribution in [0.15, 0.2) is 0 Å². The summed E-state index contributed by atoms with van der Waals surface area (Å²) in [6.45, 7) is 4.26. The molecule has 0 aromatic heterocycles. The van der Waals surface area contributed by atoms with Crippen LogP contribution < -0.4 is 5.32 Å². The summed E-state index contributed by atoms with van der Waals surface area (Å²) in [5, 5.41) is 3.41. The van der Waals surface area contributed by atoms with Crippen LogP contribution in [0.3, 0.4) is 0 Å². The number of likely N-dealkylation sites (tertiary alicyclic amines) is 1. The Balaban J connectivity index is 0.00000162. The van der Waals surface area contributed by atoms with Gasteiger partial charge in [-0.1, -0.05) is 0 Å². The molecule has 5 nitrogen and oxygen atoms in total. The second-order valence-electron chi connectivity index (χ2n) is 5.26. The first-order valence-electron chi connectivity index (χ1n) is 6.35. The summed E-state index contributed by atoms with van der Waals surface area (Å²) in [6.07, 6.45) is 2.00. The molecule has 0 amide bonds. The van der Waals surface area contributed by atoms with Crippen molar-refractivity contribution in [3.05, 3.63) is 0 Å². The van der Waals surface area contributed by atoms with E-state index in [9.17, 15) is 8.42 Å². The molecular formula is C11H25Cl2N3O2S. The van der Waals surface area contributed by atoms with Crippen molar-refractivity contribution in [3.8, 4) is 0 Å². The van der Waals surface area contributed by atoms with Gasteiger partial charge in [-0.25, -0.2) is 12.7 Å². The maximum Gasteiger partial charge on any atom is 0.213 e. The SMILES string of the molecule is CN(C)S(=O)(=O)CCCN1CC[C@H]2CNC[C@H]21.Cl.Cl. The molecule has 2 heterocycles. The van der Waals surface area contributed by atoms with Crippen LogP contribution in [0.2, 0.25) is 0 Å². The van der Waals surface area contributed by atoms with E-state index < -0.39 is 10.0 Å². The van der Waals surface area contributed by atoms with Crippen LogP contribution in [0.25, 0.3) is 0 Å². The van der Waals surface area contributed by atoms with E-state index in [0.717, 1.165) is 38.5 Å². The minimum Gasteiger partial charge on any atom is -0.315 e. The number of sulfonamides is 1. The fourth-order valence-corrected chi connectivity index (χ4v) is 3.71. The van der Waals surface area contributed by atoms with E-state index in [1.54, 1.807) is 14.1 Å². The fraction of sp³-hybridized carbons (Fsp3) is 1.00. The highest BCUT2D eigenvalue weighted by Gasteiger charge is 2.36. The van der Waals surface area contributed by atoms with Crippen molar-refractivity contribution < 1.29 is 8.42 Å². The topological polar surface area (TPSA) is 52.7 Å². The molecule has 0 saturated carbocycles. The molecule has 0 spiro atoms. The normalized spacial score (nSPS) is 26.9. The van der Waals surface area contributed by atoms with E-state index in [0.29, 0.717) is 6.04 Å². The molecule has 2 fully saturated rings. The summed E-state index contributed by atoms with van der Waals surface area (Å²) < 4.78 is 24.6. The van der Waals surface area contributed by atoms with Gasteiger partial charge >= 0.3 is 0 Å². The Labute approximate surface area is 129 Å². The minimum atomic E-state index is -3.02. The first-order valence-corrected chi connectivity index (χ1v) is 7.96. The van der Waals surface area contributed by atoms with E-state index in [-0.39, 0.29) is 30.6 Å². The van der Waals surface area contributed by atoms with Gasteiger partial charge in [-0.3, -0.25) is 4.90 Å². The number of hydrogen-bond donors (Lipinski definition) is 1. The van der Waals surface area contributed by atoms with Gasteiger partial charge in [0.25, 0.3) is 0 Å². The van der Waals surface area contributed by atoms with Crippen molar-refractivity contribution in [3.63, 3.8) is 0 Å². The van der Waals surface area contributed by atoms with Gasteiger partial charge in [-0.2, -0.15) is 0 Å². The summed E-state index contributed by atoms with van der Waals surface area (Å²) in [5.41, 5.74) is 0. The lowest BCUT2D eigenvalue weighted by atomic mass is 10.1. The zero-order chi connectivity index (χ0) is 12.5. The van der Waals surface area contributed by atoms with E-state index in [1.807, 2.05) is 0 Å². The zero-order valence-electron chi connectivity index (χ0n) is 11.5. The number of nitrogens with one attached hydrogen (secondary N) is 1. The van der Waals surface area contributed by atoms with Gasteiger partial charge in [0.15, 0.2) is 0 Å². The smallest absolute Gasteiger partial charge is 0.213 e. The molecule has 2 saturated heterocycles. The second kappa shape index (κ2) is 8.00. The Hall–Kier alpha value is 0.410. The van der Waals surface area contributed by atoms with Crippen LogP contribution in [0.5, 0.6) is 0 Å². The molecule has 2 aliphatic heterocycles. The minimum absolute atomic E-state index is 0. The van der Waals surface area contributed by atoms with Crippen molar-refractivity contribution in [2.45, 2.75) is 18.9 Å². The van der Waals surface area contributed by atoms with E-state index in [2.05, 4.69) is 10.2 Å².